The fourth-order valence-corrected chi connectivity index (χ4v) is 6.22. The SMILES string of the molecule is CO[C@@]1(NC(=O)CSC2=NCCS2)C(=O)N2C(C(=O)O)=C(COC(N)=O)CS[C@@H]21. The van der Waals surface area contributed by atoms with Crippen molar-refractivity contribution in [3.05, 3.63) is 11.3 Å². The number of nitrogens with zero attached hydrogens (tertiary/aromatic N) is 2. The number of carbonyl (C=O) groups excluding carboxylic acids is 3. The Labute approximate surface area is 178 Å². The summed E-state index contributed by atoms with van der Waals surface area (Å²) in [5, 5.41) is 11.4. The molecule has 0 radical (unpaired) electrons. The highest BCUT2D eigenvalue weighted by atomic mass is 32.2. The van der Waals surface area contributed by atoms with Crippen LogP contribution in [0.4, 0.5) is 4.79 Å². The average Bonchev–Trinajstić information content (AvgIpc) is 3.21. The number of carboxylic acids is 1. The Hall–Kier alpha value is -1.90. The van der Waals surface area contributed by atoms with E-state index < -0.39 is 35.0 Å². The lowest BCUT2D eigenvalue weighted by atomic mass is 9.98. The van der Waals surface area contributed by atoms with Gasteiger partial charge in [-0.2, -0.15) is 0 Å². The number of β-lactam (4-membered cyclic amide) rings is 1. The number of amides is 3. The average molecular weight is 463 g/mol. The third kappa shape index (κ3) is 4.20. The van der Waals surface area contributed by atoms with Gasteiger partial charge in [-0.3, -0.25) is 19.5 Å². The van der Waals surface area contributed by atoms with Crippen molar-refractivity contribution in [2.45, 2.75) is 11.1 Å². The molecule has 1 saturated heterocycles. The first-order valence-electron chi connectivity index (χ1n) is 8.29. The topological polar surface area (TPSA) is 161 Å². The summed E-state index contributed by atoms with van der Waals surface area (Å²) in [6.07, 6.45) is -1.05. The number of methoxy groups -OCH3 is 1. The molecule has 0 bridgehead atoms. The number of hydrogen-bond donors (Lipinski definition) is 3. The zero-order valence-corrected chi connectivity index (χ0v) is 17.7. The van der Waals surface area contributed by atoms with Gasteiger partial charge >= 0.3 is 12.1 Å². The molecule has 2 atom stereocenters. The molecule has 0 aromatic heterocycles. The summed E-state index contributed by atoms with van der Waals surface area (Å²) >= 11 is 4.03. The predicted octanol–water partition coefficient (Wildman–Crippen LogP) is -0.370. The number of fused-ring (bicyclic) bond motifs is 1. The number of primary amides is 1. The van der Waals surface area contributed by atoms with Gasteiger partial charge in [-0.15, -0.1) is 11.8 Å². The van der Waals surface area contributed by atoms with Crippen LogP contribution in [0.25, 0.3) is 0 Å². The van der Waals surface area contributed by atoms with Crippen LogP contribution in [0.3, 0.4) is 0 Å². The lowest BCUT2D eigenvalue weighted by molar-refractivity contribution is -0.192. The standard InChI is InChI=1S/C15H18N4O7S3/c1-25-15(18-8(20)6-29-14-17-2-3-27-14)11(23)19-9(10(21)22)7(4-26-13(16)24)5-28-12(15)19/h12H,2-6H2,1H3,(H2,16,24)(H,18,20)(H,21,22)/t12-,15+/m1/s1. The molecule has 1 fully saturated rings. The van der Waals surface area contributed by atoms with Gasteiger partial charge in [0.05, 0.1) is 12.3 Å². The van der Waals surface area contributed by atoms with Gasteiger partial charge in [0.2, 0.25) is 5.91 Å². The van der Waals surface area contributed by atoms with Crippen molar-refractivity contribution in [1.29, 1.82) is 0 Å². The van der Waals surface area contributed by atoms with Crippen LogP contribution in [0, 0.1) is 0 Å². The number of ether oxygens (including phenoxy) is 2. The molecule has 3 aliphatic rings. The van der Waals surface area contributed by atoms with E-state index in [0.717, 1.165) is 21.6 Å². The molecule has 3 amide bonds. The smallest absolute Gasteiger partial charge is 0.404 e. The Balaban J connectivity index is 1.73. The number of hydrogen-bond acceptors (Lipinski definition) is 10. The normalized spacial score (nSPS) is 25.8. The van der Waals surface area contributed by atoms with Crippen LogP contribution in [0.2, 0.25) is 0 Å². The molecule has 3 rings (SSSR count). The molecule has 158 valence electrons. The number of carbonyl (C=O) groups is 4. The van der Waals surface area contributed by atoms with Gasteiger partial charge in [0.1, 0.15) is 22.1 Å². The number of nitrogens with two attached hydrogens (primary N) is 1. The molecule has 0 unspecified atom stereocenters. The largest absolute Gasteiger partial charge is 0.477 e. The third-order valence-corrected chi connectivity index (χ3v) is 7.86. The molecule has 14 heteroatoms. The van der Waals surface area contributed by atoms with E-state index in [1.165, 1.54) is 30.6 Å². The van der Waals surface area contributed by atoms with E-state index in [2.05, 4.69) is 15.0 Å². The molecule has 4 N–H and O–H groups in total. The van der Waals surface area contributed by atoms with Crippen molar-refractivity contribution in [1.82, 2.24) is 10.2 Å². The van der Waals surface area contributed by atoms with Crippen LogP contribution in [-0.4, -0.2) is 86.9 Å². The van der Waals surface area contributed by atoms with Crippen LogP contribution in [0.5, 0.6) is 0 Å². The minimum absolute atomic E-state index is 0.0565. The summed E-state index contributed by atoms with van der Waals surface area (Å²) in [5.41, 5.74) is 3.20. The van der Waals surface area contributed by atoms with Gasteiger partial charge in [0.25, 0.3) is 11.6 Å². The number of nitrogens with one attached hydrogen (secondary N) is 1. The number of aliphatic imine (C=N–C) groups is 1. The first kappa shape index (κ1) is 21.8. The molecule has 0 aromatic carbocycles. The van der Waals surface area contributed by atoms with E-state index >= 15 is 0 Å². The molecule has 0 saturated carbocycles. The second-order valence-corrected chi connectivity index (χ2v) is 9.35. The Morgan fingerprint density at radius 2 is 2.24 bits per heavy atom. The van der Waals surface area contributed by atoms with Gasteiger partial charge < -0.3 is 25.6 Å². The number of carboxylic acid groups (broad SMARTS) is 1. The minimum Gasteiger partial charge on any atom is -0.477 e. The van der Waals surface area contributed by atoms with E-state index in [4.69, 9.17) is 10.5 Å². The molecular formula is C15H18N4O7S3. The molecular weight excluding hydrogens is 444 g/mol. The fourth-order valence-electron chi connectivity index (χ4n) is 2.99. The maximum absolute atomic E-state index is 12.9. The highest BCUT2D eigenvalue weighted by Gasteiger charge is 2.66. The third-order valence-electron chi connectivity index (χ3n) is 4.23. The van der Waals surface area contributed by atoms with Crippen LogP contribution >= 0.6 is 35.3 Å². The van der Waals surface area contributed by atoms with Gasteiger partial charge in [-0.05, 0) is 0 Å². The van der Waals surface area contributed by atoms with Gasteiger partial charge in [-0.1, -0.05) is 23.5 Å². The van der Waals surface area contributed by atoms with Crippen molar-refractivity contribution >= 4 is 63.5 Å². The summed E-state index contributed by atoms with van der Waals surface area (Å²) in [4.78, 5) is 53.1. The maximum atomic E-state index is 12.9. The highest BCUT2D eigenvalue weighted by Crippen LogP contribution is 2.46. The molecule has 11 nitrogen and oxygen atoms in total. The van der Waals surface area contributed by atoms with E-state index in [-0.39, 0.29) is 29.4 Å². The molecule has 29 heavy (non-hydrogen) atoms. The minimum atomic E-state index is -1.66. The summed E-state index contributed by atoms with van der Waals surface area (Å²) in [5.74, 6) is -1.39. The lowest BCUT2D eigenvalue weighted by Gasteiger charge is -2.55. The second kappa shape index (κ2) is 8.85. The molecule has 0 aliphatic carbocycles. The number of aliphatic carboxylic acids is 1. The van der Waals surface area contributed by atoms with Crippen molar-refractivity contribution in [2.75, 3.05) is 37.5 Å². The summed E-state index contributed by atoms with van der Waals surface area (Å²) in [6, 6.07) is 0. The Morgan fingerprint density at radius 1 is 1.48 bits per heavy atom. The maximum Gasteiger partial charge on any atom is 0.404 e. The predicted molar refractivity (Wildman–Crippen MR) is 108 cm³/mol. The zero-order chi connectivity index (χ0) is 21.2. The lowest BCUT2D eigenvalue weighted by Crippen LogP contribution is -2.80. The van der Waals surface area contributed by atoms with Gasteiger partial charge in [0.15, 0.2) is 0 Å². The van der Waals surface area contributed by atoms with Gasteiger partial charge in [-0.25, -0.2) is 9.59 Å². The van der Waals surface area contributed by atoms with Crippen LogP contribution in [0.15, 0.2) is 16.3 Å². The van der Waals surface area contributed by atoms with E-state index in [1.807, 2.05) is 0 Å². The Kier molecular flexibility index (Phi) is 6.65. The van der Waals surface area contributed by atoms with E-state index in [9.17, 15) is 24.3 Å². The van der Waals surface area contributed by atoms with Crippen LogP contribution in [-0.2, 0) is 23.9 Å². The Morgan fingerprint density at radius 3 is 2.83 bits per heavy atom. The van der Waals surface area contributed by atoms with E-state index in [0.29, 0.717) is 0 Å². The van der Waals surface area contributed by atoms with Gasteiger partial charge in [0, 0.05) is 24.2 Å². The van der Waals surface area contributed by atoms with Crippen LogP contribution in [0.1, 0.15) is 0 Å². The van der Waals surface area contributed by atoms with Crippen molar-refractivity contribution in [2.24, 2.45) is 10.7 Å². The Bertz CT molecular complexity index is 818. The van der Waals surface area contributed by atoms with Crippen molar-refractivity contribution in [3.8, 4) is 0 Å². The quantitative estimate of drug-likeness (QED) is 0.336. The summed E-state index contributed by atoms with van der Waals surface area (Å²) in [7, 11) is 1.27. The summed E-state index contributed by atoms with van der Waals surface area (Å²) < 4.78 is 10.8. The first-order chi connectivity index (χ1) is 13.8. The molecule has 3 aliphatic heterocycles. The van der Waals surface area contributed by atoms with Crippen molar-refractivity contribution in [3.63, 3.8) is 0 Å². The van der Waals surface area contributed by atoms with E-state index in [1.54, 1.807) is 11.8 Å². The first-order valence-corrected chi connectivity index (χ1v) is 11.3. The molecule has 3 heterocycles. The molecule has 0 aromatic rings. The zero-order valence-electron chi connectivity index (χ0n) is 15.2. The highest BCUT2D eigenvalue weighted by molar-refractivity contribution is 8.39. The number of thioether (sulfide) groups is 3. The fraction of sp³-hybridized carbons (Fsp3) is 0.533. The monoisotopic (exact) mass is 462 g/mol. The van der Waals surface area contributed by atoms with Crippen LogP contribution < -0.4 is 11.1 Å². The molecule has 0 spiro atoms. The number of rotatable bonds is 7. The van der Waals surface area contributed by atoms with Crippen molar-refractivity contribution < 1.29 is 33.8 Å². The second-order valence-electron chi connectivity index (χ2n) is 5.98. The summed E-state index contributed by atoms with van der Waals surface area (Å²) in [6.45, 7) is 0.373.